The van der Waals surface area contributed by atoms with Crippen LogP contribution < -0.4 is 10.1 Å². The van der Waals surface area contributed by atoms with Crippen molar-refractivity contribution in [2.45, 2.75) is 25.4 Å². The lowest BCUT2D eigenvalue weighted by Gasteiger charge is -2.25. The Morgan fingerprint density at radius 2 is 1.97 bits per heavy atom. The molecule has 6 heteroatoms. The zero-order valence-corrected chi connectivity index (χ0v) is 17.4. The van der Waals surface area contributed by atoms with Gasteiger partial charge in [-0.2, -0.15) is 0 Å². The highest BCUT2D eigenvalue weighted by Gasteiger charge is 2.20. The van der Waals surface area contributed by atoms with Crippen molar-refractivity contribution >= 4 is 11.8 Å². The van der Waals surface area contributed by atoms with Gasteiger partial charge in [0.2, 0.25) is 5.91 Å². The second-order valence-corrected chi connectivity index (χ2v) is 7.58. The lowest BCUT2D eigenvalue weighted by Crippen LogP contribution is -2.34. The predicted octanol–water partition coefficient (Wildman–Crippen LogP) is 2.85. The average molecular weight is 396 g/mol. The standard InChI is InChI=1S/C23H29N3O3/c1-25(2)21(18-9-11-20(29-3)12-10-18)15-24-23(28)19-7-4-6-17(14-19)16-26-13-5-8-22(26)27/h4,6-7,9-12,14,21H,5,8,13,15-16H2,1-3H3,(H,24,28). The number of amides is 2. The van der Waals surface area contributed by atoms with Crippen molar-refractivity contribution in [3.05, 3.63) is 65.2 Å². The van der Waals surface area contributed by atoms with Gasteiger partial charge in [0, 0.05) is 31.6 Å². The van der Waals surface area contributed by atoms with Gasteiger partial charge in [-0.25, -0.2) is 0 Å². The summed E-state index contributed by atoms with van der Waals surface area (Å²) in [7, 11) is 5.63. The minimum absolute atomic E-state index is 0.0512. The van der Waals surface area contributed by atoms with Crippen LogP contribution in [-0.4, -0.2) is 55.9 Å². The summed E-state index contributed by atoms with van der Waals surface area (Å²) in [5.74, 6) is 0.886. The molecule has 1 unspecified atom stereocenters. The summed E-state index contributed by atoms with van der Waals surface area (Å²) >= 11 is 0. The number of carbonyl (C=O) groups excluding carboxylic acids is 2. The normalized spacial score (nSPS) is 14.9. The molecule has 1 saturated heterocycles. The summed E-state index contributed by atoms with van der Waals surface area (Å²) in [4.78, 5) is 28.5. The Kier molecular flexibility index (Phi) is 6.88. The van der Waals surface area contributed by atoms with Crippen LogP contribution in [0.2, 0.25) is 0 Å². The van der Waals surface area contributed by atoms with E-state index in [4.69, 9.17) is 4.74 Å². The van der Waals surface area contributed by atoms with Crippen LogP contribution in [0.1, 0.15) is 40.4 Å². The second-order valence-electron chi connectivity index (χ2n) is 7.58. The van der Waals surface area contributed by atoms with Crippen LogP contribution in [0.25, 0.3) is 0 Å². The Labute approximate surface area is 172 Å². The van der Waals surface area contributed by atoms with E-state index in [0.29, 0.717) is 25.1 Å². The predicted molar refractivity (Wildman–Crippen MR) is 113 cm³/mol. The largest absolute Gasteiger partial charge is 0.497 e. The fraction of sp³-hybridized carbons (Fsp3) is 0.391. The van der Waals surface area contributed by atoms with Gasteiger partial charge in [0.05, 0.1) is 13.2 Å². The first-order chi connectivity index (χ1) is 14.0. The fourth-order valence-corrected chi connectivity index (χ4v) is 3.62. The van der Waals surface area contributed by atoms with Gasteiger partial charge >= 0.3 is 0 Å². The number of methoxy groups -OCH3 is 1. The third kappa shape index (κ3) is 5.35. The molecule has 0 radical (unpaired) electrons. The summed E-state index contributed by atoms with van der Waals surface area (Å²) < 4.78 is 5.22. The van der Waals surface area contributed by atoms with Crippen LogP contribution in [0.3, 0.4) is 0 Å². The maximum atomic E-state index is 12.7. The van der Waals surface area contributed by atoms with Crippen LogP contribution in [0.15, 0.2) is 48.5 Å². The van der Waals surface area contributed by atoms with Gasteiger partial charge in [0.25, 0.3) is 5.91 Å². The number of likely N-dealkylation sites (N-methyl/N-ethyl adjacent to an activating group) is 1. The molecule has 0 spiro atoms. The highest BCUT2D eigenvalue weighted by molar-refractivity contribution is 5.94. The molecule has 1 aliphatic heterocycles. The number of carbonyl (C=O) groups is 2. The van der Waals surface area contributed by atoms with Crippen LogP contribution in [-0.2, 0) is 11.3 Å². The van der Waals surface area contributed by atoms with Crippen LogP contribution in [0.4, 0.5) is 0 Å². The molecule has 0 aliphatic carbocycles. The van der Waals surface area contributed by atoms with Crippen LogP contribution in [0.5, 0.6) is 5.75 Å². The molecular weight excluding hydrogens is 366 g/mol. The molecule has 1 aliphatic rings. The van der Waals surface area contributed by atoms with Gasteiger partial charge < -0.3 is 19.9 Å². The highest BCUT2D eigenvalue weighted by atomic mass is 16.5. The average Bonchev–Trinajstić information content (AvgIpc) is 3.13. The molecule has 2 aromatic rings. The number of nitrogens with zero attached hydrogens (tertiary/aromatic N) is 2. The number of hydrogen-bond acceptors (Lipinski definition) is 4. The van der Waals surface area contributed by atoms with Crippen molar-refractivity contribution in [2.24, 2.45) is 0 Å². The zero-order chi connectivity index (χ0) is 20.8. The van der Waals surface area contributed by atoms with E-state index in [1.165, 1.54) is 0 Å². The molecule has 29 heavy (non-hydrogen) atoms. The molecule has 0 aromatic heterocycles. The summed E-state index contributed by atoms with van der Waals surface area (Å²) in [6.07, 6.45) is 1.54. The molecule has 154 valence electrons. The number of nitrogens with one attached hydrogen (secondary N) is 1. The number of benzene rings is 2. The van der Waals surface area contributed by atoms with Crippen LogP contribution in [0, 0.1) is 0 Å². The molecular formula is C23H29N3O3. The first-order valence-electron chi connectivity index (χ1n) is 9.93. The molecule has 0 bridgehead atoms. The SMILES string of the molecule is COc1ccc(C(CNC(=O)c2cccc(CN3CCCC3=O)c2)N(C)C)cc1. The van der Waals surface area contributed by atoms with E-state index in [9.17, 15) is 9.59 Å². The van der Waals surface area contributed by atoms with Crippen molar-refractivity contribution in [1.29, 1.82) is 0 Å². The topological polar surface area (TPSA) is 61.9 Å². The summed E-state index contributed by atoms with van der Waals surface area (Å²) in [5, 5.41) is 3.04. The number of rotatable bonds is 8. The summed E-state index contributed by atoms with van der Waals surface area (Å²) in [6.45, 7) is 1.85. The molecule has 1 heterocycles. The molecule has 1 N–H and O–H groups in total. The third-order valence-corrected chi connectivity index (χ3v) is 5.31. The van der Waals surface area contributed by atoms with Gasteiger partial charge in [-0.15, -0.1) is 0 Å². The Balaban J connectivity index is 1.63. The van der Waals surface area contributed by atoms with E-state index in [0.717, 1.165) is 29.8 Å². The molecule has 3 rings (SSSR count). The zero-order valence-electron chi connectivity index (χ0n) is 17.4. The first-order valence-corrected chi connectivity index (χ1v) is 9.93. The number of hydrogen-bond donors (Lipinski definition) is 1. The van der Waals surface area contributed by atoms with Gasteiger partial charge in [-0.1, -0.05) is 24.3 Å². The van der Waals surface area contributed by atoms with Gasteiger partial charge in [0.1, 0.15) is 5.75 Å². The van der Waals surface area contributed by atoms with Crippen LogP contribution >= 0.6 is 0 Å². The van der Waals surface area contributed by atoms with Crippen molar-refractivity contribution < 1.29 is 14.3 Å². The van der Waals surface area contributed by atoms with Crippen molar-refractivity contribution in [2.75, 3.05) is 34.3 Å². The Hall–Kier alpha value is -2.86. The van der Waals surface area contributed by atoms with Gasteiger partial charge in [0.15, 0.2) is 0 Å². The molecule has 1 fully saturated rings. The van der Waals surface area contributed by atoms with Crippen molar-refractivity contribution in [3.8, 4) is 5.75 Å². The fourth-order valence-electron chi connectivity index (χ4n) is 3.62. The molecule has 2 amide bonds. The summed E-state index contributed by atoms with van der Waals surface area (Å²) in [5.41, 5.74) is 2.70. The Morgan fingerprint density at radius 3 is 2.59 bits per heavy atom. The first kappa shape index (κ1) is 20.9. The maximum absolute atomic E-state index is 12.7. The van der Waals surface area contributed by atoms with E-state index in [-0.39, 0.29) is 17.9 Å². The van der Waals surface area contributed by atoms with Crippen molar-refractivity contribution in [1.82, 2.24) is 15.1 Å². The maximum Gasteiger partial charge on any atom is 0.251 e. The number of likely N-dealkylation sites (tertiary alicyclic amines) is 1. The summed E-state index contributed by atoms with van der Waals surface area (Å²) in [6, 6.07) is 15.5. The Bertz CT molecular complexity index is 849. The van der Waals surface area contributed by atoms with E-state index in [1.807, 2.05) is 67.5 Å². The van der Waals surface area contributed by atoms with E-state index >= 15 is 0 Å². The molecule has 6 nitrogen and oxygen atoms in total. The van der Waals surface area contributed by atoms with Gasteiger partial charge in [-0.3, -0.25) is 9.59 Å². The molecule has 2 aromatic carbocycles. The molecule has 0 saturated carbocycles. The van der Waals surface area contributed by atoms with E-state index in [1.54, 1.807) is 7.11 Å². The second kappa shape index (κ2) is 9.56. The number of ether oxygens (including phenoxy) is 1. The lowest BCUT2D eigenvalue weighted by molar-refractivity contribution is -0.128. The highest BCUT2D eigenvalue weighted by Crippen LogP contribution is 2.21. The lowest BCUT2D eigenvalue weighted by atomic mass is 10.1. The van der Waals surface area contributed by atoms with E-state index < -0.39 is 0 Å². The smallest absolute Gasteiger partial charge is 0.251 e. The minimum atomic E-state index is -0.111. The van der Waals surface area contributed by atoms with Gasteiger partial charge in [-0.05, 0) is 55.9 Å². The third-order valence-electron chi connectivity index (χ3n) is 5.31. The molecule has 1 atom stereocenters. The Morgan fingerprint density at radius 1 is 1.21 bits per heavy atom. The van der Waals surface area contributed by atoms with E-state index in [2.05, 4.69) is 10.2 Å². The minimum Gasteiger partial charge on any atom is -0.497 e. The quantitative estimate of drug-likeness (QED) is 0.747. The monoisotopic (exact) mass is 395 g/mol. The van der Waals surface area contributed by atoms with Crippen molar-refractivity contribution in [3.63, 3.8) is 0 Å².